The van der Waals surface area contributed by atoms with Crippen LogP contribution in [0.3, 0.4) is 0 Å². The zero-order valence-corrected chi connectivity index (χ0v) is 17.9. The maximum atomic E-state index is 9.62. The lowest BCUT2D eigenvalue weighted by Gasteiger charge is -2.60. The molecule has 8 unspecified atom stereocenters. The normalized spacial score (nSPS) is 53.6. The van der Waals surface area contributed by atoms with Crippen LogP contribution in [0.5, 0.6) is 0 Å². The molecular formula is C20H30INOS. The predicted molar refractivity (Wildman–Crippen MR) is 107 cm³/mol. The number of fused-ring (bicyclic) bond motifs is 5. The minimum Gasteiger partial charge on any atom is -0.302 e. The van der Waals surface area contributed by atoms with Crippen LogP contribution in [-0.4, -0.2) is 6.10 Å². The molecule has 4 aliphatic rings. The van der Waals surface area contributed by atoms with Crippen molar-refractivity contribution in [2.75, 3.05) is 0 Å². The minimum absolute atomic E-state index is 0.317. The molecule has 0 heterocycles. The molecule has 134 valence electrons. The Bertz CT molecular complexity index is 536. The summed E-state index contributed by atoms with van der Waals surface area (Å²) in [5.41, 5.74) is 0.849. The summed E-state index contributed by atoms with van der Waals surface area (Å²) in [5.74, 6) is 3.79. The molecule has 0 aromatic heterocycles. The topological polar surface area (TPSA) is 33.0 Å². The van der Waals surface area contributed by atoms with Gasteiger partial charge in [-0.05, 0) is 92.3 Å². The highest BCUT2D eigenvalue weighted by Gasteiger charge is 2.60. The van der Waals surface area contributed by atoms with Crippen molar-refractivity contribution >= 4 is 30.4 Å². The van der Waals surface area contributed by atoms with Gasteiger partial charge >= 0.3 is 0 Å². The minimum atomic E-state index is 0.317. The molecule has 0 radical (unpaired) electrons. The molecule has 4 saturated carbocycles. The summed E-state index contributed by atoms with van der Waals surface area (Å²) in [6.07, 6.45) is 12.3. The molecule has 0 aliphatic heterocycles. The fourth-order valence-corrected chi connectivity index (χ4v) is 8.73. The summed E-state index contributed by atoms with van der Waals surface area (Å²) < 4.78 is 5.89. The van der Waals surface area contributed by atoms with E-state index >= 15 is 0 Å². The van der Waals surface area contributed by atoms with E-state index < -0.39 is 0 Å². The summed E-state index contributed by atoms with van der Waals surface area (Å²) in [5, 5.41) is 9.62. The van der Waals surface area contributed by atoms with E-state index in [-0.39, 0.29) is 0 Å². The van der Waals surface area contributed by atoms with E-state index in [4.69, 9.17) is 4.18 Å². The molecule has 0 spiro atoms. The van der Waals surface area contributed by atoms with Gasteiger partial charge in [-0.15, -0.1) is 0 Å². The van der Waals surface area contributed by atoms with Gasteiger partial charge in [-0.25, -0.2) is 0 Å². The van der Waals surface area contributed by atoms with Crippen LogP contribution in [0.15, 0.2) is 0 Å². The Balaban J connectivity index is 1.55. The number of hydrogen-bond donors (Lipinski definition) is 0. The van der Waals surface area contributed by atoms with Crippen molar-refractivity contribution in [3.63, 3.8) is 0 Å². The van der Waals surface area contributed by atoms with Crippen molar-refractivity contribution in [2.24, 2.45) is 40.4 Å². The summed E-state index contributed by atoms with van der Waals surface area (Å²) in [7, 11) is 1.52. The lowest BCUT2D eigenvalue weighted by atomic mass is 9.45. The molecule has 8 atom stereocenters. The number of rotatable bonds is 2. The Labute approximate surface area is 163 Å². The standard InChI is InChI=1S/C20H30INOS/c1-19-9-7-15(23-24-21)11-13(19)3-5-16-17-6-4-14(12-22)20(17,2)10-8-18(16)19/h13-18H,3-11H2,1-2H3. The van der Waals surface area contributed by atoms with E-state index in [1.54, 1.807) is 0 Å². The molecule has 4 fully saturated rings. The fraction of sp³-hybridized carbons (Fsp3) is 0.950. The van der Waals surface area contributed by atoms with E-state index in [2.05, 4.69) is 41.1 Å². The van der Waals surface area contributed by atoms with Crippen molar-refractivity contribution in [3.05, 3.63) is 0 Å². The number of nitriles is 1. The number of halogens is 1. The van der Waals surface area contributed by atoms with Crippen molar-refractivity contribution in [1.29, 1.82) is 5.26 Å². The van der Waals surface area contributed by atoms with Gasteiger partial charge in [0.25, 0.3) is 0 Å². The molecule has 4 rings (SSSR count). The molecule has 4 aliphatic carbocycles. The van der Waals surface area contributed by atoms with Crippen LogP contribution in [0.2, 0.25) is 0 Å². The van der Waals surface area contributed by atoms with Crippen molar-refractivity contribution < 1.29 is 4.18 Å². The Kier molecular flexibility index (Phi) is 4.93. The van der Waals surface area contributed by atoms with Gasteiger partial charge in [0.15, 0.2) is 0 Å². The zero-order valence-electron chi connectivity index (χ0n) is 15.0. The molecule has 0 saturated heterocycles. The highest BCUT2D eigenvalue weighted by Crippen LogP contribution is 2.67. The summed E-state index contributed by atoms with van der Waals surface area (Å²) in [6.45, 7) is 5.06. The first-order chi connectivity index (χ1) is 11.5. The SMILES string of the molecule is CC12CCC3C(CCC4CC(OSI)CCC43C)C1CCC2C#N. The lowest BCUT2D eigenvalue weighted by molar-refractivity contribution is -0.119. The maximum absolute atomic E-state index is 9.62. The molecule has 2 nitrogen and oxygen atoms in total. The molecule has 4 heteroatoms. The van der Waals surface area contributed by atoms with Crippen LogP contribution in [0.25, 0.3) is 0 Å². The molecule has 0 amide bonds. The van der Waals surface area contributed by atoms with Crippen molar-refractivity contribution in [1.82, 2.24) is 0 Å². The average Bonchev–Trinajstić information content (AvgIpc) is 2.92. The third kappa shape index (κ3) is 2.59. The van der Waals surface area contributed by atoms with Crippen LogP contribution in [0.1, 0.15) is 71.6 Å². The van der Waals surface area contributed by atoms with Crippen LogP contribution in [-0.2, 0) is 4.18 Å². The Morgan fingerprint density at radius 2 is 1.75 bits per heavy atom. The zero-order chi connectivity index (χ0) is 16.9. The molecule has 0 bridgehead atoms. The Morgan fingerprint density at radius 3 is 2.50 bits per heavy atom. The van der Waals surface area contributed by atoms with Crippen LogP contribution >= 0.6 is 30.4 Å². The van der Waals surface area contributed by atoms with Gasteiger partial charge < -0.3 is 4.18 Å². The quantitative estimate of drug-likeness (QED) is 0.347. The first kappa shape index (κ1) is 17.9. The average molecular weight is 459 g/mol. The van der Waals surface area contributed by atoms with E-state index in [0.29, 0.717) is 22.9 Å². The Hall–Kier alpha value is 0.530. The maximum Gasteiger partial charge on any atom is 0.0735 e. The van der Waals surface area contributed by atoms with Gasteiger partial charge in [0.2, 0.25) is 0 Å². The summed E-state index contributed by atoms with van der Waals surface area (Å²) >= 11 is 2.26. The van der Waals surface area contributed by atoms with Crippen molar-refractivity contribution in [2.45, 2.75) is 77.7 Å². The molecule has 24 heavy (non-hydrogen) atoms. The van der Waals surface area contributed by atoms with E-state index in [1.165, 1.54) is 60.6 Å². The van der Waals surface area contributed by atoms with Crippen molar-refractivity contribution in [3.8, 4) is 6.07 Å². The smallest absolute Gasteiger partial charge is 0.0735 e. The number of hydrogen-bond acceptors (Lipinski definition) is 3. The van der Waals surface area contributed by atoms with Crippen LogP contribution in [0.4, 0.5) is 0 Å². The van der Waals surface area contributed by atoms with Crippen LogP contribution in [0, 0.1) is 51.8 Å². The Morgan fingerprint density at radius 1 is 1.00 bits per heavy atom. The first-order valence-electron chi connectivity index (χ1n) is 9.86. The number of nitrogens with zero attached hydrogens (tertiary/aromatic N) is 1. The van der Waals surface area contributed by atoms with E-state index in [0.717, 1.165) is 30.1 Å². The van der Waals surface area contributed by atoms with E-state index in [1.807, 2.05) is 0 Å². The van der Waals surface area contributed by atoms with Gasteiger partial charge in [-0.1, -0.05) is 13.8 Å². The van der Waals surface area contributed by atoms with E-state index in [9.17, 15) is 5.26 Å². The van der Waals surface area contributed by atoms with Gasteiger partial charge in [0, 0.05) is 21.2 Å². The van der Waals surface area contributed by atoms with Gasteiger partial charge in [-0.2, -0.15) is 5.26 Å². The lowest BCUT2D eigenvalue weighted by Crippen LogP contribution is -2.53. The largest absolute Gasteiger partial charge is 0.302 e. The fourth-order valence-electron chi connectivity index (χ4n) is 7.57. The molecule has 0 aromatic carbocycles. The second-order valence-corrected chi connectivity index (χ2v) is 10.9. The third-order valence-corrected chi connectivity index (χ3v) is 9.91. The van der Waals surface area contributed by atoms with Gasteiger partial charge in [-0.3, -0.25) is 0 Å². The van der Waals surface area contributed by atoms with Gasteiger partial charge in [0.1, 0.15) is 0 Å². The highest BCUT2D eigenvalue weighted by atomic mass is 127. The highest BCUT2D eigenvalue weighted by molar-refractivity contribution is 14.2. The van der Waals surface area contributed by atoms with Gasteiger partial charge in [0.05, 0.1) is 27.3 Å². The summed E-state index contributed by atoms with van der Waals surface area (Å²) in [4.78, 5) is 0. The predicted octanol–water partition coefficient (Wildman–Crippen LogP) is 6.55. The third-order valence-electron chi connectivity index (χ3n) is 8.95. The molecule has 0 aromatic rings. The van der Waals surface area contributed by atoms with Crippen LogP contribution < -0.4 is 0 Å². The second-order valence-electron chi connectivity index (χ2n) is 9.52. The second kappa shape index (κ2) is 6.60. The monoisotopic (exact) mass is 459 g/mol. The first-order valence-corrected chi connectivity index (χ1v) is 13.1. The molecular weight excluding hydrogens is 429 g/mol. The summed E-state index contributed by atoms with van der Waals surface area (Å²) in [6, 6.07) is 2.67. The molecule has 0 N–H and O–H groups in total.